The number of benzene rings is 1. The van der Waals surface area contributed by atoms with E-state index in [-0.39, 0.29) is 23.1 Å². The molecule has 0 bridgehead atoms. The van der Waals surface area contributed by atoms with Crippen LogP contribution in [0.2, 0.25) is 0 Å². The van der Waals surface area contributed by atoms with Crippen LogP contribution in [0.1, 0.15) is 40.8 Å². The first kappa shape index (κ1) is 17.0. The van der Waals surface area contributed by atoms with Gasteiger partial charge in [-0.3, -0.25) is 4.79 Å². The Balaban J connectivity index is 1.45. The number of nitrogens with zero attached hydrogens (tertiary/aromatic N) is 4. The molecule has 1 N–H and O–H groups in total. The summed E-state index contributed by atoms with van der Waals surface area (Å²) in [7, 11) is 1.40. The summed E-state index contributed by atoms with van der Waals surface area (Å²) >= 11 is 0. The van der Waals surface area contributed by atoms with Crippen molar-refractivity contribution in [2.75, 3.05) is 26.7 Å². The fourth-order valence-electron chi connectivity index (χ4n) is 3.76. The number of nitrogens with one attached hydrogen (secondary N) is 1. The third-order valence-electron chi connectivity index (χ3n) is 5.21. The maximum atomic E-state index is 14.4. The molecule has 3 heterocycles. The lowest BCUT2D eigenvalue weighted by molar-refractivity contribution is 0.0704. The zero-order chi connectivity index (χ0) is 18.1. The van der Waals surface area contributed by atoms with Crippen molar-refractivity contribution in [3.8, 4) is 5.75 Å². The summed E-state index contributed by atoms with van der Waals surface area (Å²) in [4.78, 5) is 14.4. The number of methoxy groups -OCH3 is 1. The molecule has 2 aliphatic heterocycles. The Morgan fingerprint density at radius 2 is 2.08 bits per heavy atom. The van der Waals surface area contributed by atoms with E-state index in [1.54, 1.807) is 11.0 Å². The van der Waals surface area contributed by atoms with Crippen LogP contribution >= 0.6 is 0 Å². The molecule has 0 spiro atoms. The minimum absolute atomic E-state index is 0.0636. The highest BCUT2D eigenvalue weighted by Gasteiger charge is 2.30. The Morgan fingerprint density at radius 1 is 1.27 bits per heavy atom. The molecule has 4 rings (SSSR count). The molecule has 0 unspecified atom stereocenters. The van der Waals surface area contributed by atoms with Crippen molar-refractivity contribution in [2.24, 2.45) is 0 Å². The summed E-state index contributed by atoms with van der Waals surface area (Å²) in [5.41, 5.74) is 0.0636. The van der Waals surface area contributed by atoms with Gasteiger partial charge in [-0.15, -0.1) is 10.2 Å². The minimum Gasteiger partial charge on any atom is -0.494 e. The molecule has 1 aromatic heterocycles. The molecule has 1 saturated heterocycles. The van der Waals surface area contributed by atoms with Crippen molar-refractivity contribution in [3.63, 3.8) is 0 Å². The van der Waals surface area contributed by atoms with Crippen LogP contribution in [-0.4, -0.2) is 52.3 Å². The highest BCUT2D eigenvalue weighted by molar-refractivity contribution is 5.95. The largest absolute Gasteiger partial charge is 0.494 e. The first-order valence-electron chi connectivity index (χ1n) is 8.93. The van der Waals surface area contributed by atoms with Crippen LogP contribution in [-0.2, 0) is 13.1 Å². The first-order chi connectivity index (χ1) is 12.7. The van der Waals surface area contributed by atoms with Gasteiger partial charge in [-0.05, 0) is 25.0 Å². The second kappa shape index (κ2) is 7.03. The van der Waals surface area contributed by atoms with Crippen molar-refractivity contribution in [2.45, 2.75) is 31.8 Å². The quantitative estimate of drug-likeness (QED) is 0.900. The maximum Gasteiger partial charge on any atom is 0.256 e. The number of likely N-dealkylation sites (tertiary alicyclic amines) is 1. The van der Waals surface area contributed by atoms with Crippen molar-refractivity contribution < 1.29 is 13.9 Å². The van der Waals surface area contributed by atoms with Crippen molar-refractivity contribution in [3.05, 3.63) is 41.2 Å². The lowest BCUT2D eigenvalue weighted by Gasteiger charge is -2.32. The van der Waals surface area contributed by atoms with E-state index in [1.165, 1.54) is 19.2 Å². The van der Waals surface area contributed by atoms with Crippen LogP contribution in [0.4, 0.5) is 4.39 Å². The van der Waals surface area contributed by atoms with Crippen LogP contribution in [0, 0.1) is 5.82 Å². The van der Waals surface area contributed by atoms with Gasteiger partial charge in [0.2, 0.25) is 0 Å². The van der Waals surface area contributed by atoms with Gasteiger partial charge in [-0.1, -0.05) is 6.07 Å². The molecule has 0 aliphatic carbocycles. The van der Waals surface area contributed by atoms with Crippen LogP contribution in [0.25, 0.3) is 0 Å². The molecular formula is C18H22FN5O2. The molecule has 0 saturated carbocycles. The number of carbonyl (C=O) groups is 1. The topological polar surface area (TPSA) is 72.3 Å². The molecule has 2 aromatic rings. The number of fused-ring (bicyclic) bond motifs is 1. The van der Waals surface area contributed by atoms with Gasteiger partial charge < -0.3 is 19.5 Å². The molecule has 26 heavy (non-hydrogen) atoms. The Morgan fingerprint density at radius 3 is 2.85 bits per heavy atom. The fourth-order valence-corrected chi connectivity index (χ4v) is 3.76. The molecule has 2 aliphatic rings. The lowest BCUT2D eigenvalue weighted by atomic mass is 9.95. The number of carbonyl (C=O) groups excluding carboxylic acids is 1. The highest BCUT2D eigenvalue weighted by atomic mass is 19.1. The van der Waals surface area contributed by atoms with Crippen molar-refractivity contribution >= 4 is 5.91 Å². The Kier molecular flexibility index (Phi) is 4.58. The van der Waals surface area contributed by atoms with Gasteiger partial charge in [-0.25, -0.2) is 4.39 Å². The summed E-state index contributed by atoms with van der Waals surface area (Å²) in [6.07, 6.45) is 1.62. The number of aromatic nitrogens is 3. The number of halogens is 1. The lowest BCUT2D eigenvalue weighted by Crippen LogP contribution is -2.39. The highest BCUT2D eigenvalue weighted by Crippen LogP contribution is 2.29. The molecule has 8 heteroatoms. The summed E-state index contributed by atoms with van der Waals surface area (Å²) < 4.78 is 21.5. The van der Waals surface area contributed by atoms with Crippen LogP contribution in [0.5, 0.6) is 5.75 Å². The molecule has 1 fully saturated rings. The van der Waals surface area contributed by atoms with E-state index in [1.807, 2.05) is 0 Å². The predicted molar refractivity (Wildman–Crippen MR) is 92.6 cm³/mol. The monoisotopic (exact) mass is 359 g/mol. The second-order valence-electron chi connectivity index (χ2n) is 6.69. The maximum absolute atomic E-state index is 14.4. The number of hydrogen-bond donors (Lipinski definition) is 1. The second-order valence-corrected chi connectivity index (χ2v) is 6.69. The molecule has 0 atom stereocenters. The van der Waals surface area contributed by atoms with Gasteiger partial charge in [0, 0.05) is 32.1 Å². The summed E-state index contributed by atoms with van der Waals surface area (Å²) in [5.74, 6) is 1.49. The standard InChI is InChI=1S/C18H22FN5O2/c1-26-14-4-2-3-13(16(14)19)18(25)23-8-5-12(6-9-23)17-22-21-15-11-20-7-10-24(15)17/h2-4,12,20H,5-11H2,1H3. The zero-order valence-corrected chi connectivity index (χ0v) is 14.7. The van der Waals surface area contributed by atoms with Crippen LogP contribution in [0.15, 0.2) is 18.2 Å². The molecule has 138 valence electrons. The van der Waals surface area contributed by atoms with Crippen molar-refractivity contribution in [1.29, 1.82) is 0 Å². The van der Waals surface area contributed by atoms with E-state index in [9.17, 15) is 9.18 Å². The third kappa shape index (κ3) is 2.94. The van der Waals surface area contributed by atoms with Gasteiger partial charge >= 0.3 is 0 Å². The van der Waals surface area contributed by atoms with Gasteiger partial charge in [0.25, 0.3) is 5.91 Å². The normalized spacial score (nSPS) is 17.8. The van der Waals surface area contributed by atoms with Crippen molar-refractivity contribution in [1.82, 2.24) is 25.0 Å². The molecular weight excluding hydrogens is 337 g/mol. The minimum atomic E-state index is -0.596. The third-order valence-corrected chi connectivity index (χ3v) is 5.21. The van der Waals surface area contributed by atoms with E-state index in [4.69, 9.17) is 4.74 Å². The van der Waals surface area contributed by atoms with Gasteiger partial charge in [0.15, 0.2) is 11.6 Å². The predicted octanol–water partition coefficient (Wildman–Crippen LogP) is 1.55. The number of piperidine rings is 1. The van der Waals surface area contributed by atoms with E-state index < -0.39 is 5.82 Å². The molecule has 1 aromatic carbocycles. The van der Waals surface area contributed by atoms with E-state index in [0.717, 1.165) is 44.1 Å². The van der Waals surface area contributed by atoms with Crippen LogP contribution < -0.4 is 10.1 Å². The SMILES string of the molecule is COc1cccc(C(=O)N2CCC(c3nnc4n3CCNC4)CC2)c1F. The van der Waals surface area contributed by atoms with Crippen LogP contribution in [0.3, 0.4) is 0 Å². The van der Waals surface area contributed by atoms with Gasteiger partial charge in [0.1, 0.15) is 11.6 Å². The zero-order valence-electron chi connectivity index (χ0n) is 14.7. The van der Waals surface area contributed by atoms with Gasteiger partial charge in [0.05, 0.1) is 19.2 Å². The summed E-state index contributed by atoms with van der Waals surface area (Å²) in [6.45, 7) is 3.72. The fraction of sp³-hybridized carbons (Fsp3) is 0.500. The smallest absolute Gasteiger partial charge is 0.256 e. The number of rotatable bonds is 3. The molecule has 7 nitrogen and oxygen atoms in total. The number of ether oxygens (including phenoxy) is 1. The van der Waals surface area contributed by atoms with Gasteiger partial charge in [-0.2, -0.15) is 0 Å². The number of amides is 1. The Bertz CT molecular complexity index is 814. The van der Waals surface area contributed by atoms with E-state index >= 15 is 0 Å². The number of hydrogen-bond acceptors (Lipinski definition) is 5. The Hall–Kier alpha value is -2.48. The summed E-state index contributed by atoms with van der Waals surface area (Å²) in [6, 6.07) is 4.66. The van der Waals surface area contributed by atoms with E-state index in [2.05, 4.69) is 20.1 Å². The molecule has 0 radical (unpaired) electrons. The summed E-state index contributed by atoms with van der Waals surface area (Å²) in [5, 5.41) is 11.9. The molecule has 1 amide bonds. The first-order valence-corrected chi connectivity index (χ1v) is 8.93. The van der Waals surface area contributed by atoms with E-state index in [0.29, 0.717) is 13.1 Å². The Labute approximate surface area is 151 Å². The average Bonchev–Trinajstić information content (AvgIpc) is 3.12. The average molecular weight is 359 g/mol.